The van der Waals surface area contributed by atoms with E-state index in [-0.39, 0.29) is 42.1 Å². The molecule has 3 aromatic rings. The summed E-state index contributed by atoms with van der Waals surface area (Å²) in [6.07, 6.45) is 1.56. The first-order valence-electron chi connectivity index (χ1n) is 13.9. The highest BCUT2D eigenvalue weighted by Gasteiger charge is 2.30. The topological polar surface area (TPSA) is 105 Å². The first-order valence-corrected chi connectivity index (χ1v) is 15.8. The van der Waals surface area contributed by atoms with Crippen LogP contribution in [0.25, 0.3) is 10.9 Å². The molecule has 232 valence electrons. The number of aliphatic hydroxyl groups excluding tert-OH is 1. The third-order valence-electron chi connectivity index (χ3n) is 7.30. The summed E-state index contributed by atoms with van der Waals surface area (Å²) in [4.78, 5) is 1.74. The SMILES string of the molecule is C=CCn1c(C#CCNc2c(F)cc(S(C)(=O)=O)cc2OC)cc2c(N[C@H]3CCN(C[C@@H](O)COC)C[C@H]3F)cccc21. The lowest BCUT2D eigenvalue weighted by molar-refractivity contribution is 0.0215. The normalized spacial score (nSPS) is 18.1. The molecule has 0 unspecified atom stereocenters. The summed E-state index contributed by atoms with van der Waals surface area (Å²) < 4.78 is 65.8. The molecule has 1 fully saturated rings. The van der Waals surface area contributed by atoms with Crippen molar-refractivity contribution in [1.29, 1.82) is 0 Å². The molecule has 1 aliphatic rings. The number of aliphatic hydroxyl groups is 1. The molecule has 3 atom stereocenters. The number of methoxy groups -OCH3 is 2. The second-order valence-corrected chi connectivity index (χ2v) is 12.5. The highest BCUT2D eigenvalue weighted by molar-refractivity contribution is 7.90. The van der Waals surface area contributed by atoms with Crippen LogP contribution in [0.2, 0.25) is 0 Å². The Labute approximate surface area is 251 Å². The molecule has 4 rings (SSSR count). The van der Waals surface area contributed by atoms with Gasteiger partial charge in [-0.2, -0.15) is 0 Å². The first-order chi connectivity index (χ1) is 20.5. The minimum Gasteiger partial charge on any atom is -0.494 e. The van der Waals surface area contributed by atoms with Crippen LogP contribution in [0, 0.1) is 17.7 Å². The van der Waals surface area contributed by atoms with E-state index in [4.69, 9.17) is 9.47 Å². The van der Waals surface area contributed by atoms with Crippen molar-refractivity contribution < 1.29 is 31.8 Å². The van der Waals surface area contributed by atoms with Gasteiger partial charge in [0.2, 0.25) is 0 Å². The van der Waals surface area contributed by atoms with Crippen LogP contribution in [-0.2, 0) is 21.1 Å². The van der Waals surface area contributed by atoms with E-state index in [1.54, 1.807) is 6.08 Å². The Bertz CT molecular complexity index is 1620. The van der Waals surface area contributed by atoms with Crippen molar-refractivity contribution in [2.75, 3.05) is 63.9 Å². The quantitative estimate of drug-likeness (QED) is 0.209. The second-order valence-electron chi connectivity index (χ2n) is 10.5. The molecule has 1 aliphatic heterocycles. The number of nitrogens with zero attached hydrogens (tertiary/aromatic N) is 2. The summed E-state index contributed by atoms with van der Waals surface area (Å²) in [5.41, 5.74) is 2.41. The molecule has 0 bridgehead atoms. The van der Waals surface area contributed by atoms with Gasteiger partial charge in [-0.1, -0.05) is 18.1 Å². The Balaban J connectivity index is 1.51. The third kappa shape index (κ3) is 7.86. The molecule has 3 N–H and O–H groups in total. The fraction of sp³-hybridized carbons (Fsp3) is 0.419. The fourth-order valence-corrected chi connectivity index (χ4v) is 5.89. The summed E-state index contributed by atoms with van der Waals surface area (Å²) >= 11 is 0. The maximum Gasteiger partial charge on any atom is 0.175 e. The van der Waals surface area contributed by atoms with E-state index >= 15 is 4.39 Å². The number of aromatic nitrogens is 1. The number of allylic oxidation sites excluding steroid dienone is 1. The molecule has 2 aromatic carbocycles. The highest BCUT2D eigenvalue weighted by atomic mass is 32.2. The molecule has 9 nitrogen and oxygen atoms in total. The minimum atomic E-state index is -3.61. The van der Waals surface area contributed by atoms with Crippen LogP contribution in [0.3, 0.4) is 0 Å². The van der Waals surface area contributed by atoms with E-state index in [0.29, 0.717) is 31.7 Å². The summed E-state index contributed by atoms with van der Waals surface area (Å²) in [6, 6.07) is 9.53. The lowest BCUT2D eigenvalue weighted by atomic mass is 10.0. The van der Waals surface area contributed by atoms with Gasteiger partial charge in [-0.3, -0.25) is 4.90 Å². The Kier molecular flexibility index (Phi) is 10.7. The molecular formula is C31H38F2N4O5S. The van der Waals surface area contributed by atoms with Crippen LogP contribution < -0.4 is 15.4 Å². The van der Waals surface area contributed by atoms with Gasteiger partial charge in [0, 0.05) is 56.7 Å². The maximum absolute atomic E-state index is 15.2. The van der Waals surface area contributed by atoms with Gasteiger partial charge < -0.3 is 29.8 Å². The van der Waals surface area contributed by atoms with Crippen molar-refractivity contribution in [2.45, 2.75) is 36.2 Å². The number of hydrogen-bond acceptors (Lipinski definition) is 8. The summed E-state index contributed by atoms with van der Waals surface area (Å²) in [7, 11) is -0.755. The molecule has 0 aliphatic carbocycles. The van der Waals surface area contributed by atoms with E-state index in [9.17, 15) is 17.9 Å². The number of hydrogen-bond donors (Lipinski definition) is 3. The second kappa shape index (κ2) is 14.2. The van der Waals surface area contributed by atoms with Gasteiger partial charge in [0.15, 0.2) is 15.7 Å². The summed E-state index contributed by atoms with van der Waals surface area (Å²) in [6.45, 7) is 5.87. The number of anilines is 2. The summed E-state index contributed by atoms with van der Waals surface area (Å²) in [5, 5.41) is 17.2. The number of benzene rings is 2. The number of likely N-dealkylation sites (tertiary alicyclic amines) is 1. The van der Waals surface area contributed by atoms with Crippen molar-refractivity contribution in [2.24, 2.45) is 0 Å². The van der Waals surface area contributed by atoms with E-state index in [1.807, 2.05) is 33.7 Å². The Hall–Kier alpha value is -3.63. The monoisotopic (exact) mass is 616 g/mol. The van der Waals surface area contributed by atoms with Gasteiger partial charge in [-0.15, -0.1) is 6.58 Å². The van der Waals surface area contributed by atoms with Crippen LogP contribution in [0.15, 0.2) is 53.9 Å². The molecule has 0 spiro atoms. The molecule has 1 saturated heterocycles. The number of nitrogens with one attached hydrogen (secondary N) is 2. The van der Waals surface area contributed by atoms with Crippen molar-refractivity contribution >= 4 is 32.1 Å². The van der Waals surface area contributed by atoms with Gasteiger partial charge in [0.05, 0.1) is 48.5 Å². The Morgan fingerprint density at radius 3 is 2.74 bits per heavy atom. The van der Waals surface area contributed by atoms with Crippen molar-refractivity contribution in [3.63, 3.8) is 0 Å². The lowest BCUT2D eigenvalue weighted by Crippen LogP contribution is -2.50. The number of ether oxygens (including phenoxy) is 2. The zero-order chi connectivity index (χ0) is 31.1. The number of alkyl halides is 1. The van der Waals surface area contributed by atoms with Crippen LogP contribution in [0.1, 0.15) is 12.1 Å². The van der Waals surface area contributed by atoms with Crippen LogP contribution >= 0.6 is 0 Å². The fourth-order valence-electron chi connectivity index (χ4n) is 5.25. The average molecular weight is 617 g/mol. The van der Waals surface area contributed by atoms with Crippen LogP contribution in [0.4, 0.5) is 20.2 Å². The van der Waals surface area contributed by atoms with Gasteiger partial charge >= 0.3 is 0 Å². The standard InChI is InChI=1S/C31H38F2N4O5S/c1-5-13-37-21(8-7-12-34-31-25(32)16-23(43(4,39)40)17-30(31)42-3)15-24-27(9-6-10-29(24)37)35-28-11-14-36(19-26(28)33)18-22(38)20-41-2/h5-6,9-10,15-17,22,26,28,34-35,38H,1,11-14,18-20H2,2-4H3/t22-,26-,28+/m1/s1. The van der Waals surface area contributed by atoms with E-state index < -0.39 is 27.9 Å². The number of halogens is 2. The number of fused-ring (bicyclic) bond motifs is 1. The zero-order valence-corrected chi connectivity index (χ0v) is 25.4. The first kappa shape index (κ1) is 32.3. The van der Waals surface area contributed by atoms with E-state index in [2.05, 4.69) is 29.1 Å². The van der Waals surface area contributed by atoms with Crippen molar-refractivity contribution in [1.82, 2.24) is 9.47 Å². The van der Waals surface area contributed by atoms with E-state index in [1.165, 1.54) is 20.3 Å². The molecule has 43 heavy (non-hydrogen) atoms. The van der Waals surface area contributed by atoms with Crippen LogP contribution in [0.5, 0.6) is 5.75 Å². The predicted octanol–water partition coefficient (Wildman–Crippen LogP) is 3.67. The molecule has 1 aromatic heterocycles. The average Bonchev–Trinajstić information content (AvgIpc) is 3.30. The molecule has 0 amide bonds. The molecule has 12 heteroatoms. The van der Waals surface area contributed by atoms with Crippen LogP contribution in [-0.4, -0.2) is 94.6 Å². The number of β-amino-alcohol motifs (C(OH)–C–C–N with tert-alkyl or cyclic N) is 1. The zero-order valence-electron chi connectivity index (χ0n) is 24.6. The van der Waals surface area contributed by atoms with Gasteiger partial charge in [-0.05, 0) is 36.6 Å². The Morgan fingerprint density at radius 2 is 2.07 bits per heavy atom. The number of piperidine rings is 1. The van der Waals surface area contributed by atoms with Gasteiger partial charge in [-0.25, -0.2) is 17.2 Å². The largest absolute Gasteiger partial charge is 0.494 e. The van der Waals surface area contributed by atoms with E-state index in [0.717, 1.165) is 28.9 Å². The minimum absolute atomic E-state index is 0.0161. The molecule has 2 heterocycles. The van der Waals surface area contributed by atoms with Crippen molar-refractivity contribution in [3.8, 4) is 17.6 Å². The van der Waals surface area contributed by atoms with Gasteiger partial charge in [0.1, 0.15) is 17.6 Å². The molecule has 0 saturated carbocycles. The Morgan fingerprint density at radius 1 is 1.28 bits per heavy atom. The maximum atomic E-state index is 15.2. The molecule has 0 radical (unpaired) electrons. The highest BCUT2D eigenvalue weighted by Crippen LogP contribution is 2.32. The smallest absolute Gasteiger partial charge is 0.175 e. The third-order valence-corrected chi connectivity index (χ3v) is 8.39. The molecular weight excluding hydrogens is 578 g/mol. The number of rotatable bonds is 12. The number of sulfone groups is 1. The van der Waals surface area contributed by atoms with Gasteiger partial charge in [0.25, 0.3) is 0 Å². The van der Waals surface area contributed by atoms with Crippen molar-refractivity contribution in [3.05, 3.63) is 60.6 Å². The predicted molar refractivity (Wildman–Crippen MR) is 165 cm³/mol. The lowest BCUT2D eigenvalue weighted by Gasteiger charge is -2.36. The summed E-state index contributed by atoms with van der Waals surface area (Å²) in [5.74, 6) is 5.42.